The molecule has 4 nitrogen and oxygen atoms in total. The maximum Gasteiger partial charge on any atom is 0.410 e. The van der Waals surface area contributed by atoms with Crippen molar-refractivity contribution in [3.63, 3.8) is 0 Å². The van der Waals surface area contributed by atoms with Crippen LogP contribution in [0.15, 0.2) is 18.2 Å². The number of nitrogens with zero attached hydrogens (tertiary/aromatic N) is 1. The summed E-state index contributed by atoms with van der Waals surface area (Å²) in [5.41, 5.74) is 3.51. The van der Waals surface area contributed by atoms with Crippen LogP contribution in [0.2, 0.25) is 18.1 Å². The van der Waals surface area contributed by atoms with E-state index in [4.69, 9.17) is 9.16 Å². The highest BCUT2D eigenvalue weighted by atomic mass is 28.4. The molecule has 0 aromatic heterocycles. The van der Waals surface area contributed by atoms with E-state index in [1.54, 1.807) is 0 Å². The molecule has 0 unspecified atom stereocenters. The van der Waals surface area contributed by atoms with Gasteiger partial charge in [0, 0.05) is 6.54 Å². The molecule has 0 radical (unpaired) electrons. The van der Waals surface area contributed by atoms with Crippen LogP contribution in [0.5, 0.6) is 0 Å². The third kappa shape index (κ3) is 6.58. The first kappa shape index (κ1) is 24.9. The van der Waals surface area contributed by atoms with Gasteiger partial charge in [0.1, 0.15) is 5.60 Å². The highest BCUT2D eigenvalue weighted by Gasteiger charge is 2.42. The standard InChI is InChI=1S/C25H43NO3Si/c1-18-11-12-21(19(2)13-18)14-20-15-22(17-28-30(9,10)25(6,7)8)26(16-20)23(27)29-24(3,4)5/h11-13,20,22H,14-17H2,1-10H3/t20-,22-/m0/s1. The number of carbonyl (C=O) groups excluding carboxylic acids is 1. The highest BCUT2D eigenvalue weighted by Crippen LogP contribution is 2.38. The van der Waals surface area contributed by atoms with E-state index in [-0.39, 0.29) is 17.2 Å². The molecule has 1 aromatic rings. The van der Waals surface area contributed by atoms with Crippen molar-refractivity contribution in [3.8, 4) is 0 Å². The predicted octanol–water partition coefficient (Wildman–Crippen LogP) is 6.49. The Morgan fingerprint density at radius 1 is 1.13 bits per heavy atom. The Balaban J connectivity index is 2.15. The summed E-state index contributed by atoms with van der Waals surface area (Å²) in [5, 5.41) is 0.154. The minimum atomic E-state index is -1.87. The van der Waals surface area contributed by atoms with E-state index < -0.39 is 13.9 Å². The molecular weight excluding hydrogens is 390 g/mol. The van der Waals surface area contributed by atoms with Gasteiger partial charge >= 0.3 is 6.09 Å². The maximum absolute atomic E-state index is 13.0. The van der Waals surface area contributed by atoms with Crippen LogP contribution >= 0.6 is 0 Å². The van der Waals surface area contributed by atoms with Gasteiger partial charge in [0.05, 0.1) is 12.6 Å². The first-order chi connectivity index (χ1) is 13.6. The first-order valence-corrected chi connectivity index (χ1v) is 14.2. The molecule has 0 bridgehead atoms. The molecule has 0 spiro atoms. The van der Waals surface area contributed by atoms with Crippen LogP contribution in [-0.2, 0) is 15.6 Å². The van der Waals surface area contributed by atoms with E-state index in [0.29, 0.717) is 12.5 Å². The lowest BCUT2D eigenvalue weighted by atomic mass is 9.93. The number of benzene rings is 1. The second kappa shape index (κ2) is 9.03. The smallest absolute Gasteiger partial charge is 0.410 e. The molecule has 1 heterocycles. The van der Waals surface area contributed by atoms with Gasteiger partial charge in [-0.3, -0.25) is 0 Å². The van der Waals surface area contributed by atoms with E-state index in [9.17, 15) is 4.79 Å². The lowest BCUT2D eigenvalue weighted by Gasteiger charge is -2.38. The Kier molecular flexibility index (Phi) is 7.51. The number of rotatable bonds is 5. The number of amides is 1. The Labute approximate surface area is 185 Å². The lowest BCUT2D eigenvalue weighted by molar-refractivity contribution is 0.0178. The average molecular weight is 434 g/mol. The zero-order valence-corrected chi connectivity index (χ0v) is 21.9. The quantitative estimate of drug-likeness (QED) is 0.498. The van der Waals surface area contributed by atoms with E-state index in [1.165, 1.54) is 16.7 Å². The molecular formula is C25H43NO3Si. The van der Waals surface area contributed by atoms with Crippen LogP contribution in [0.1, 0.15) is 64.7 Å². The van der Waals surface area contributed by atoms with Gasteiger partial charge in [-0.05, 0) is 82.6 Å². The van der Waals surface area contributed by atoms with Crippen molar-refractivity contribution in [2.24, 2.45) is 5.92 Å². The average Bonchev–Trinajstić information content (AvgIpc) is 2.96. The van der Waals surface area contributed by atoms with E-state index >= 15 is 0 Å². The highest BCUT2D eigenvalue weighted by molar-refractivity contribution is 6.74. The summed E-state index contributed by atoms with van der Waals surface area (Å²) in [7, 11) is -1.87. The molecule has 1 aliphatic heterocycles. The Morgan fingerprint density at radius 3 is 2.30 bits per heavy atom. The molecule has 1 amide bonds. The summed E-state index contributed by atoms with van der Waals surface area (Å²) >= 11 is 0. The van der Waals surface area contributed by atoms with Crippen LogP contribution < -0.4 is 0 Å². The molecule has 1 saturated heterocycles. The van der Waals surface area contributed by atoms with Crippen molar-refractivity contribution in [1.29, 1.82) is 0 Å². The maximum atomic E-state index is 13.0. The van der Waals surface area contributed by atoms with Crippen molar-refractivity contribution in [2.75, 3.05) is 13.2 Å². The van der Waals surface area contributed by atoms with Crippen LogP contribution in [0.3, 0.4) is 0 Å². The normalized spacial score (nSPS) is 20.5. The van der Waals surface area contributed by atoms with Crippen molar-refractivity contribution in [1.82, 2.24) is 4.90 Å². The summed E-state index contributed by atoms with van der Waals surface area (Å²) in [6, 6.07) is 6.74. The minimum absolute atomic E-state index is 0.0738. The third-order valence-corrected chi connectivity index (χ3v) is 11.1. The summed E-state index contributed by atoms with van der Waals surface area (Å²) in [5.74, 6) is 0.423. The minimum Gasteiger partial charge on any atom is -0.444 e. The molecule has 1 aliphatic rings. The number of aryl methyl sites for hydroxylation is 2. The number of carbonyl (C=O) groups is 1. The van der Waals surface area contributed by atoms with E-state index in [2.05, 4.69) is 65.9 Å². The van der Waals surface area contributed by atoms with E-state index in [0.717, 1.165) is 19.4 Å². The van der Waals surface area contributed by atoms with Gasteiger partial charge in [-0.15, -0.1) is 0 Å². The van der Waals surface area contributed by atoms with Crippen molar-refractivity contribution >= 4 is 14.4 Å². The van der Waals surface area contributed by atoms with E-state index in [1.807, 2.05) is 25.7 Å². The largest absolute Gasteiger partial charge is 0.444 e. The second-order valence-corrected chi connectivity index (χ2v) is 16.4. The van der Waals surface area contributed by atoms with Crippen molar-refractivity contribution in [3.05, 3.63) is 34.9 Å². The molecule has 170 valence electrons. The third-order valence-electron chi connectivity index (χ3n) is 6.58. The molecule has 2 atom stereocenters. The van der Waals surface area contributed by atoms with Crippen LogP contribution in [-0.4, -0.2) is 44.1 Å². The molecule has 5 heteroatoms. The van der Waals surface area contributed by atoms with Crippen molar-refractivity contribution in [2.45, 2.75) is 98.0 Å². The number of hydrogen-bond donors (Lipinski definition) is 0. The second-order valence-electron chi connectivity index (χ2n) is 11.6. The van der Waals surface area contributed by atoms with Crippen LogP contribution in [0, 0.1) is 19.8 Å². The molecule has 0 saturated carbocycles. The Hall–Kier alpha value is -1.33. The first-order valence-electron chi connectivity index (χ1n) is 11.3. The fourth-order valence-electron chi connectivity index (χ4n) is 3.77. The fourth-order valence-corrected chi connectivity index (χ4v) is 4.81. The fraction of sp³-hybridized carbons (Fsp3) is 0.720. The van der Waals surface area contributed by atoms with Crippen molar-refractivity contribution < 1.29 is 14.0 Å². The van der Waals surface area contributed by atoms with Gasteiger partial charge in [-0.25, -0.2) is 4.79 Å². The molecule has 1 aromatic carbocycles. The van der Waals surface area contributed by atoms with Gasteiger partial charge in [-0.2, -0.15) is 0 Å². The SMILES string of the molecule is Cc1ccc(C[C@H]2C[C@@H](CO[Si](C)(C)C(C)(C)C)N(C(=O)OC(C)(C)C)C2)c(C)c1. The van der Waals surface area contributed by atoms with Gasteiger partial charge in [0.25, 0.3) is 0 Å². The molecule has 1 fully saturated rings. The number of likely N-dealkylation sites (tertiary alicyclic amines) is 1. The molecule has 0 N–H and O–H groups in total. The van der Waals surface area contributed by atoms with Crippen LogP contribution in [0.4, 0.5) is 4.79 Å². The molecule has 0 aliphatic carbocycles. The monoisotopic (exact) mass is 433 g/mol. The van der Waals surface area contributed by atoms with Gasteiger partial charge in [0.15, 0.2) is 8.32 Å². The van der Waals surface area contributed by atoms with Crippen LogP contribution in [0.25, 0.3) is 0 Å². The number of hydrogen-bond acceptors (Lipinski definition) is 3. The lowest BCUT2D eigenvalue weighted by Crippen LogP contribution is -2.46. The Bertz CT molecular complexity index is 746. The zero-order chi connectivity index (χ0) is 22.9. The van der Waals surface area contributed by atoms with Gasteiger partial charge < -0.3 is 14.1 Å². The summed E-state index contributed by atoms with van der Waals surface area (Å²) < 4.78 is 12.2. The molecule has 30 heavy (non-hydrogen) atoms. The molecule has 2 rings (SSSR count). The van der Waals surface area contributed by atoms with Gasteiger partial charge in [0.2, 0.25) is 0 Å². The zero-order valence-electron chi connectivity index (χ0n) is 20.9. The number of ether oxygens (including phenoxy) is 1. The summed E-state index contributed by atoms with van der Waals surface area (Å²) in [6.45, 7) is 22.7. The van der Waals surface area contributed by atoms with Gasteiger partial charge in [-0.1, -0.05) is 44.5 Å². The topological polar surface area (TPSA) is 38.8 Å². The Morgan fingerprint density at radius 2 is 1.77 bits per heavy atom. The summed E-state index contributed by atoms with van der Waals surface area (Å²) in [6.07, 6.45) is 1.73. The summed E-state index contributed by atoms with van der Waals surface area (Å²) in [4.78, 5) is 14.9. The predicted molar refractivity (Wildman–Crippen MR) is 128 cm³/mol.